The van der Waals surface area contributed by atoms with Crippen LogP contribution < -0.4 is 5.32 Å². The van der Waals surface area contributed by atoms with Gasteiger partial charge in [-0.1, -0.05) is 6.92 Å². The number of hydrogen-bond acceptors (Lipinski definition) is 5. The van der Waals surface area contributed by atoms with Crippen molar-refractivity contribution in [3.05, 3.63) is 23.9 Å². The average Bonchev–Trinajstić information content (AvgIpc) is 3.03. The summed E-state index contributed by atoms with van der Waals surface area (Å²) in [6, 6.07) is 3.89. The maximum atomic E-state index is 12.6. The summed E-state index contributed by atoms with van der Waals surface area (Å²) in [5.41, 5.74) is 0.585. The molecule has 0 aromatic carbocycles. The van der Waals surface area contributed by atoms with Crippen molar-refractivity contribution in [2.75, 3.05) is 25.5 Å². The second-order valence-electron chi connectivity index (χ2n) is 7.29. The Morgan fingerprint density at radius 3 is 2.79 bits per heavy atom. The van der Waals surface area contributed by atoms with E-state index in [1.165, 1.54) is 0 Å². The Bertz CT molecular complexity index is 557. The van der Waals surface area contributed by atoms with E-state index >= 15 is 0 Å². The van der Waals surface area contributed by atoms with Gasteiger partial charge < -0.3 is 15.3 Å². The van der Waals surface area contributed by atoms with Gasteiger partial charge in [0.2, 0.25) is 0 Å². The smallest absolute Gasteiger partial charge is 0.255 e. The fourth-order valence-electron chi connectivity index (χ4n) is 2.78. The Kier molecular flexibility index (Phi) is 5.83. The van der Waals surface area contributed by atoms with Gasteiger partial charge in [0.25, 0.3) is 5.91 Å². The first-order valence-corrected chi connectivity index (χ1v) is 8.67. The highest BCUT2D eigenvalue weighted by molar-refractivity contribution is 5.94. The number of amides is 1. The fraction of sp³-hybridized carbons (Fsp3) is 0.667. The molecular formula is C18H30N4O2. The SMILES string of the molecule is CCC(C)(C)Nc1ccc(C(=O)N2CC[C@H](N(C)C(C)O)C2)cn1. The van der Waals surface area contributed by atoms with Gasteiger partial charge in [-0.2, -0.15) is 0 Å². The van der Waals surface area contributed by atoms with E-state index in [0.717, 1.165) is 18.7 Å². The first-order valence-electron chi connectivity index (χ1n) is 8.67. The predicted octanol–water partition coefficient (Wildman–Crippen LogP) is 2.17. The van der Waals surface area contributed by atoms with Gasteiger partial charge in [-0.25, -0.2) is 4.98 Å². The van der Waals surface area contributed by atoms with Crippen LogP contribution in [-0.4, -0.2) is 63.7 Å². The number of likely N-dealkylation sites (N-methyl/N-ethyl adjacent to an activating group) is 1. The van der Waals surface area contributed by atoms with Crippen molar-refractivity contribution < 1.29 is 9.90 Å². The fourth-order valence-corrected chi connectivity index (χ4v) is 2.78. The quantitative estimate of drug-likeness (QED) is 0.780. The largest absolute Gasteiger partial charge is 0.379 e. The topological polar surface area (TPSA) is 68.7 Å². The second-order valence-corrected chi connectivity index (χ2v) is 7.29. The van der Waals surface area contributed by atoms with E-state index in [-0.39, 0.29) is 17.5 Å². The molecule has 1 aliphatic rings. The van der Waals surface area contributed by atoms with Crippen molar-refractivity contribution in [2.45, 2.75) is 58.3 Å². The Balaban J connectivity index is 1.98. The molecule has 1 amide bonds. The highest BCUT2D eigenvalue weighted by atomic mass is 16.3. The minimum Gasteiger partial charge on any atom is -0.379 e. The van der Waals surface area contributed by atoms with Crippen LogP contribution in [0.1, 0.15) is 50.9 Å². The molecule has 0 radical (unpaired) electrons. The monoisotopic (exact) mass is 334 g/mol. The van der Waals surface area contributed by atoms with Gasteiger partial charge in [-0.05, 0) is 52.8 Å². The number of likely N-dealkylation sites (tertiary alicyclic amines) is 1. The van der Waals surface area contributed by atoms with Crippen molar-refractivity contribution in [2.24, 2.45) is 0 Å². The molecule has 1 saturated heterocycles. The van der Waals surface area contributed by atoms with Gasteiger partial charge in [0.05, 0.1) is 5.56 Å². The van der Waals surface area contributed by atoms with E-state index in [0.29, 0.717) is 18.7 Å². The summed E-state index contributed by atoms with van der Waals surface area (Å²) >= 11 is 0. The molecule has 6 nitrogen and oxygen atoms in total. The molecule has 0 aliphatic carbocycles. The summed E-state index contributed by atoms with van der Waals surface area (Å²) in [4.78, 5) is 20.7. The van der Waals surface area contributed by atoms with E-state index in [9.17, 15) is 9.90 Å². The maximum absolute atomic E-state index is 12.6. The zero-order chi connectivity index (χ0) is 17.9. The van der Waals surface area contributed by atoms with Gasteiger partial charge >= 0.3 is 0 Å². The molecule has 2 rings (SSSR count). The van der Waals surface area contributed by atoms with Gasteiger partial charge in [0, 0.05) is 30.9 Å². The van der Waals surface area contributed by atoms with Crippen molar-refractivity contribution in [1.29, 1.82) is 0 Å². The van der Waals surface area contributed by atoms with Gasteiger partial charge in [0.1, 0.15) is 12.0 Å². The summed E-state index contributed by atoms with van der Waals surface area (Å²) in [6.45, 7) is 9.47. The highest BCUT2D eigenvalue weighted by Gasteiger charge is 2.30. The predicted molar refractivity (Wildman–Crippen MR) is 96.0 cm³/mol. The Hall–Kier alpha value is -1.66. The molecule has 2 N–H and O–H groups in total. The normalized spacial score (nSPS) is 19.6. The van der Waals surface area contributed by atoms with Crippen LogP contribution in [-0.2, 0) is 0 Å². The van der Waals surface area contributed by atoms with E-state index in [2.05, 4.69) is 31.1 Å². The lowest BCUT2D eigenvalue weighted by molar-refractivity contribution is 0.0109. The molecule has 0 saturated carbocycles. The lowest BCUT2D eigenvalue weighted by Gasteiger charge is -2.27. The minimum atomic E-state index is -0.501. The van der Waals surface area contributed by atoms with E-state index in [1.54, 1.807) is 13.1 Å². The molecule has 0 spiro atoms. The molecular weight excluding hydrogens is 304 g/mol. The van der Waals surface area contributed by atoms with Gasteiger partial charge in [-0.3, -0.25) is 9.69 Å². The summed E-state index contributed by atoms with van der Waals surface area (Å²) < 4.78 is 0. The number of carbonyl (C=O) groups is 1. The summed E-state index contributed by atoms with van der Waals surface area (Å²) in [7, 11) is 1.89. The number of pyridine rings is 1. The number of anilines is 1. The molecule has 134 valence electrons. The summed E-state index contributed by atoms with van der Waals surface area (Å²) in [5, 5.41) is 13.0. The Morgan fingerprint density at radius 1 is 1.54 bits per heavy atom. The number of hydrogen-bond donors (Lipinski definition) is 2. The van der Waals surface area contributed by atoms with Crippen LogP contribution in [0.3, 0.4) is 0 Å². The number of nitrogens with one attached hydrogen (secondary N) is 1. The highest BCUT2D eigenvalue weighted by Crippen LogP contribution is 2.20. The van der Waals surface area contributed by atoms with Crippen LogP contribution in [0, 0.1) is 0 Å². The van der Waals surface area contributed by atoms with Crippen molar-refractivity contribution in [1.82, 2.24) is 14.8 Å². The average molecular weight is 334 g/mol. The van der Waals surface area contributed by atoms with E-state index < -0.39 is 6.23 Å². The third-order valence-corrected chi connectivity index (χ3v) is 4.98. The van der Waals surface area contributed by atoms with Crippen LogP contribution in [0.2, 0.25) is 0 Å². The number of carbonyl (C=O) groups excluding carboxylic acids is 1. The van der Waals surface area contributed by atoms with E-state index in [4.69, 9.17) is 0 Å². The number of nitrogens with zero attached hydrogens (tertiary/aromatic N) is 3. The van der Waals surface area contributed by atoms with Crippen molar-refractivity contribution in [3.8, 4) is 0 Å². The summed E-state index contributed by atoms with van der Waals surface area (Å²) in [5.74, 6) is 0.789. The molecule has 24 heavy (non-hydrogen) atoms. The zero-order valence-electron chi connectivity index (χ0n) is 15.4. The molecule has 0 bridgehead atoms. The van der Waals surface area contributed by atoms with Crippen LogP contribution in [0.4, 0.5) is 5.82 Å². The Labute approximate surface area is 144 Å². The molecule has 1 aromatic heterocycles. The first kappa shape index (κ1) is 18.7. The summed E-state index contributed by atoms with van der Waals surface area (Å²) in [6.07, 6.45) is 3.01. The molecule has 1 aromatic rings. The van der Waals surface area contributed by atoms with Crippen LogP contribution in [0.5, 0.6) is 0 Å². The Morgan fingerprint density at radius 2 is 2.25 bits per heavy atom. The molecule has 2 heterocycles. The first-order chi connectivity index (χ1) is 11.2. The number of aliphatic hydroxyl groups is 1. The van der Waals surface area contributed by atoms with Crippen LogP contribution in [0.25, 0.3) is 0 Å². The van der Waals surface area contributed by atoms with Crippen LogP contribution in [0.15, 0.2) is 18.3 Å². The van der Waals surface area contributed by atoms with Gasteiger partial charge in [0.15, 0.2) is 0 Å². The molecule has 1 unspecified atom stereocenters. The van der Waals surface area contributed by atoms with Gasteiger partial charge in [-0.15, -0.1) is 0 Å². The third kappa shape index (κ3) is 4.45. The lowest BCUT2D eigenvalue weighted by atomic mass is 10.0. The molecule has 1 fully saturated rings. The number of aliphatic hydroxyl groups excluding tert-OH is 1. The second kappa shape index (κ2) is 7.49. The number of aromatic nitrogens is 1. The zero-order valence-corrected chi connectivity index (χ0v) is 15.4. The van der Waals surface area contributed by atoms with E-state index in [1.807, 2.05) is 29.0 Å². The molecule has 6 heteroatoms. The van der Waals surface area contributed by atoms with Crippen LogP contribution >= 0.6 is 0 Å². The molecule has 2 atom stereocenters. The molecule has 1 aliphatic heterocycles. The number of rotatable bonds is 6. The van der Waals surface area contributed by atoms with Crippen molar-refractivity contribution in [3.63, 3.8) is 0 Å². The minimum absolute atomic E-state index is 0.00490. The lowest BCUT2D eigenvalue weighted by Crippen LogP contribution is -2.41. The maximum Gasteiger partial charge on any atom is 0.255 e. The third-order valence-electron chi connectivity index (χ3n) is 4.98. The van der Waals surface area contributed by atoms with Crippen molar-refractivity contribution >= 4 is 11.7 Å². The standard InChI is InChI=1S/C18H30N4O2/c1-6-18(3,4)20-16-8-7-14(11-19-16)17(24)22-10-9-15(12-22)21(5)13(2)23/h7-8,11,13,15,23H,6,9-10,12H2,1-5H3,(H,19,20)/t13?,15-/m0/s1.